The summed E-state index contributed by atoms with van der Waals surface area (Å²) in [6.45, 7) is 0.425. The Kier molecular flexibility index (Phi) is 5.69. The molecule has 1 amide bonds. The van der Waals surface area contributed by atoms with Gasteiger partial charge in [0.2, 0.25) is 4.96 Å². The van der Waals surface area contributed by atoms with Crippen LogP contribution in [0.4, 0.5) is 5.69 Å². The van der Waals surface area contributed by atoms with Gasteiger partial charge in [-0.2, -0.15) is 9.61 Å². The molecule has 0 fully saturated rings. The molecule has 8 nitrogen and oxygen atoms in total. The van der Waals surface area contributed by atoms with Gasteiger partial charge in [-0.25, -0.2) is 0 Å². The third-order valence-corrected chi connectivity index (χ3v) is 5.89. The van der Waals surface area contributed by atoms with Crippen LogP contribution in [0.2, 0.25) is 0 Å². The number of carbonyl (C=O) groups excluding carboxylic acids is 1. The van der Waals surface area contributed by atoms with Crippen LogP contribution in [0.25, 0.3) is 15.5 Å². The molecule has 0 spiro atoms. The Hall–Kier alpha value is -4.24. The molecule has 9 heteroatoms. The van der Waals surface area contributed by atoms with Crippen LogP contribution in [0.15, 0.2) is 79.1 Å². The Morgan fingerprint density at radius 3 is 2.76 bits per heavy atom. The lowest BCUT2D eigenvalue weighted by Crippen LogP contribution is -2.13. The zero-order chi connectivity index (χ0) is 22.6. The fourth-order valence-electron chi connectivity index (χ4n) is 3.28. The van der Waals surface area contributed by atoms with Crippen LogP contribution in [0.1, 0.15) is 15.9 Å². The standard InChI is InChI=1S/C24H19N5O3S/c1-31-21-11-10-18(23-28-29-15-25-27-24(29)33-23)13-20(21)26-22(30)17-8-5-9-19(12-17)32-14-16-6-3-2-4-7-16/h2-13,15H,14H2,1H3,(H,26,30). The highest BCUT2D eigenvalue weighted by atomic mass is 32.1. The van der Waals surface area contributed by atoms with Crippen LogP contribution in [0.3, 0.4) is 0 Å². The van der Waals surface area contributed by atoms with Crippen molar-refractivity contribution >= 4 is 27.9 Å². The topological polar surface area (TPSA) is 90.6 Å². The monoisotopic (exact) mass is 457 g/mol. The van der Waals surface area contributed by atoms with Crippen LogP contribution in [0.5, 0.6) is 11.5 Å². The van der Waals surface area contributed by atoms with E-state index in [0.717, 1.165) is 16.1 Å². The van der Waals surface area contributed by atoms with E-state index in [2.05, 4.69) is 20.6 Å². The molecule has 0 atom stereocenters. The van der Waals surface area contributed by atoms with Crippen LogP contribution in [-0.4, -0.2) is 32.8 Å². The minimum atomic E-state index is -0.270. The van der Waals surface area contributed by atoms with Crippen LogP contribution >= 0.6 is 11.3 Å². The van der Waals surface area contributed by atoms with E-state index in [1.165, 1.54) is 11.3 Å². The Balaban J connectivity index is 1.35. The van der Waals surface area contributed by atoms with E-state index in [-0.39, 0.29) is 5.91 Å². The van der Waals surface area contributed by atoms with Crippen molar-refractivity contribution in [1.82, 2.24) is 19.8 Å². The maximum Gasteiger partial charge on any atom is 0.255 e. The van der Waals surface area contributed by atoms with Crippen molar-refractivity contribution in [3.63, 3.8) is 0 Å². The second-order valence-electron chi connectivity index (χ2n) is 7.14. The number of nitrogens with one attached hydrogen (secondary N) is 1. The predicted molar refractivity (Wildman–Crippen MR) is 126 cm³/mol. The fourth-order valence-corrected chi connectivity index (χ4v) is 4.09. The molecule has 2 heterocycles. The van der Waals surface area contributed by atoms with Gasteiger partial charge in [0.05, 0.1) is 12.8 Å². The Labute approximate surface area is 193 Å². The van der Waals surface area contributed by atoms with E-state index >= 15 is 0 Å². The molecule has 3 aromatic carbocycles. The third-order valence-electron chi connectivity index (χ3n) is 4.93. The molecule has 0 aliphatic rings. The molecule has 0 radical (unpaired) electrons. The number of rotatable bonds is 7. The number of hydrogen-bond acceptors (Lipinski definition) is 7. The van der Waals surface area contributed by atoms with Crippen LogP contribution in [-0.2, 0) is 6.61 Å². The summed E-state index contributed by atoms with van der Waals surface area (Å²) in [6.07, 6.45) is 1.55. The zero-order valence-corrected chi connectivity index (χ0v) is 18.5. The molecule has 0 saturated heterocycles. The molecule has 0 unspecified atom stereocenters. The van der Waals surface area contributed by atoms with Crippen molar-refractivity contribution in [2.45, 2.75) is 6.61 Å². The van der Waals surface area contributed by atoms with Crippen molar-refractivity contribution in [1.29, 1.82) is 0 Å². The van der Waals surface area contributed by atoms with Gasteiger partial charge < -0.3 is 14.8 Å². The number of anilines is 1. The number of carbonyl (C=O) groups is 1. The molecular formula is C24H19N5O3S. The van der Waals surface area contributed by atoms with E-state index in [0.29, 0.717) is 34.3 Å². The summed E-state index contributed by atoms with van der Waals surface area (Å²) < 4.78 is 12.9. The molecule has 0 saturated carbocycles. The van der Waals surface area contributed by atoms with E-state index in [4.69, 9.17) is 9.47 Å². The van der Waals surface area contributed by atoms with Gasteiger partial charge in [0.15, 0.2) is 0 Å². The highest BCUT2D eigenvalue weighted by molar-refractivity contribution is 7.19. The van der Waals surface area contributed by atoms with Crippen molar-refractivity contribution in [3.8, 4) is 22.1 Å². The molecule has 5 rings (SSSR count). The fraction of sp³-hybridized carbons (Fsp3) is 0.0833. The number of nitrogens with zero attached hydrogens (tertiary/aromatic N) is 4. The van der Waals surface area contributed by atoms with Gasteiger partial charge in [0, 0.05) is 11.1 Å². The summed E-state index contributed by atoms with van der Waals surface area (Å²) in [6, 6.07) is 22.5. The largest absolute Gasteiger partial charge is 0.495 e. The molecule has 0 bridgehead atoms. The lowest BCUT2D eigenvalue weighted by Gasteiger charge is -2.12. The summed E-state index contributed by atoms with van der Waals surface area (Å²) in [4.78, 5) is 13.7. The van der Waals surface area contributed by atoms with Gasteiger partial charge in [0.1, 0.15) is 29.4 Å². The van der Waals surface area contributed by atoms with Gasteiger partial charge in [-0.1, -0.05) is 47.7 Å². The second-order valence-corrected chi connectivity index (χ2v) is 8.09. The summed E-state index contributed by atoms with van der Waals surface area (Å²) in [7, 11) is 1.56. The Morgan fingerprint density at radius 1 is 1.06 bits per heavy atom. The maximum atomic E-state index is 13.0. The SMILES string of the molecule is COc1ccc(-c2nn3cnnc3s2)cc1NC(=O)c1cccc(OCc2ccccc2)c1. The lowest BCUT2D eigenvalue weighted by molar-refractivity contribution is 0.102. The highest BCUT2D eigenvalue weighted by Crippen LogP contribution is 2.33. The minimum Gasteiger partial charge on any atom is -0.495 e. The number of methoxy groups -OCH3 is 1. The van der Waals surface area contributed by atoms with Gasteiger partial charge in [-0.15, -0.1) is 10.2 Å². The van der Waals surface area contributed by atoms with E-state index in [1.54, 1.807) is 42.2 Å². The number of fused-ring (bicyclic) bond motifs is 1. The molecule has 2 aromatic heterocycles. The molecule has 0 aliphatic heterocycles. The quantitative estimate of drug-likeness (QED) is 0.381. The van der Waals surface area contributed by atoms with Crippen molar-refractivity contribution in [2.75, 3.05) is 12.4 Å². The number of amides is 1. The predicted octanol–water partition coefficient (Wildman–Crippen LogP) is 4.69. The van der Waals surface area contributed by atoms with Gasteiger partial charge in [-0.05, 0) is 42.0 Å². The maximum absolute atomic E-state index is 13.0. The first-order valence-electron chi connectivity index (χ1n) is 10.1. The van der Waals surface area contributed by atoms with Crippen molar-refractivity contribution in [2.24, 2.45) is 0 Å². The summed E-state index contributed by atoms with van der Waals surface area (Å²) >= 11 is 1.41. The first-order chi connectivity index (χ1) is 16.2. The van der Waals surface area contributed by atoms with E-state index in [9.17, 15) is 4.79 Å². The van der Waals surface area contributed by atoms with Crippen LogP contribution in [0, 0.1) is 0 Å². The first kappa shape index (κ1) is 20.7. The Morgan fingerprint density at radius 2 is 1.94 bits per heavy atom. The second kappa shape index (κ2) is 9.09. The van der Waals surface area contributed by atoms with E-state index < -0.39 is 0 Å². The summed E-state index contributed by atoms with van der Waals surface area (Å²) in [5.41, 5.74) is 2.91. The number of hydrogen-bond donors (Lipinski definition) is 1. The molecule has 164 valence electrons. The zero-order valence-electron chi connectivity index (χ0n) is 17.6. The first-order valence-corrected chi connectivity index (χ1v) is 10.9. The average Bonchev–Trinajstić information content (AvgIpc) is 3.46. The molecular weight excluding hydrogens is 438 g/mol. The average molecular weight is 458 g/mol. The Bertz CT molecular complexity index is 1390. The third kappa shape index (κ3) is 4.53. The van der Waals surface area contributed by atoms with Crippen LogP contribution < -0.4 is 14.8 Å². The number of benzene rings is 3. The van der Waals surface area contributed by atoms with Gasteiger partial charge in [0.25, 0.3) is 5.91 Å². The van der Waals surface area contributed by atoms with Gasteiger partial charge >= 0.3 is 0 Å². The van der Waals surface area contributed by atoms with Gasteiger partial charge in [-0.3, -0.25) is 4.79 Å². The normalized spacial score (nSPS) is 10.8. The number of ether oxygens (including phenoxy) is 2. The molecule has 1 N–H and O–H groups in total. The lowest BCUT2D eigenvalue weighted by atomic mass is 10.1. The summed E-state index contributed by atoms with van der Waals surface area (Å²) in [5, 5.41) is 16.0. The molecule has 33 heavy (non-hydrogen) atoms. The molecule has 0 aliphatic carbocycles. The summed E-state index contributed by atoms with van der Waals surface area (Å²) in [5.74, 6) is 0.896. The number of aromatic nitrogens is 4. The van der Waals surface area contributed by atoms with E-state index in [1.807, 2.05) is 48.5 Å². The smallest absolute Gasteiger partial charge is 0.255 e. The molecule has 5 aromatic rings. The van der Waals surface area contributed by atoms with Crippen molar-refractivity contribution in [3.05, 3.63) is 90.3 Å². The highest BCUT2D eigenvalue weighted by Gasteiger charge is 2.14. The van der Waals surface area contributed by atoms with Crippen molar-refractivity contribution < 1.29 is 14.3 Å². The minimum absolute atomic E-state index is 0.270.